The van der Waals surface area contributed by atoms with Crippen molar-refractivity contribution in [1.29, 1.82) is 0 Å². The van der Waals surface area contributed by atoms with Crippen molar-refractivity contribution in [2.75, 3.05) is 25.1 Å². The third-order valence-electron chi connectivity index (χ3n) is 3.51. The number of urea groups is 1. The summed E-state index contributed by atoms with van der Waals surface area (Å²) in [4.78, 5) is 17.0. The maximum absolute atomic E-state index is 11.9. The zero-order valence-electron chi connectivity index (χ0n) is 15.2. The summed E-state index contributed by atoms with van der Waals surface area (Å²) in [7, 11) is 0. The number of aryl methyl sites for hydroxylation is 1. The van der Waals surface area contributed by atoms with Gasteiger partial charge in [-0.15, -0.1) is 0 Å². The summed E-state index contributed by atoms with van der Waals surface area (Å²) >= 11 is 7.07. The molecule has 0 bridgehead atoms. The lowest BCUT2D eigenvalue weighted by atomic mass is 10.2. The Labute approximate surface area is 168 Å². The molecule has 1 fully saturated rings. The molecule has 1 saturated carbocycles. The molecule has 0 aliphatic heterocycles. The van der Waals surface area contributed by atoms with Crippen LogP contribution in [0.2, 0.25) is 0 Å². The number of nitrogens with two attached hydrogens (primary N) is 1. The van der Waals surface area contributed by atoms with Gasteiger partial charge in [-0.1, -0.05) is 35.4 Å². The van der Waals surface area contributed by atoms with Gasteiger partial charge in [0.05, 0.1) is 12.3 Å². The van der Waals surface area contributed by atoms with Crippen molar-refractivity contribution in [2.45, 2.75) is 19.8 Å². The van der Waals surface area contributed by atoms with Gasteiger partial charge in [-0.2, -0.15) is 0 Å². The number of anilines is 1. The first kappa shape index (κ1) is 21.0. The van der Waals surface area contributed by atoms with Crippen LogP contribution in [0.25, 0.3) is 0 Å². The molecule has 2 amide bonds. The molecule has 0 atom stereocenters. The van der Waals surface area contributed by atoms with Gasteiger partial charge in [0.25, 0.3) is 0 Å². The second-order valence-electron chi connectivity index (χ2n) is 5.99. The van der Waals surface area contributed by atoms with Crippen molar-refractivity contribution in [2.24, 2.45) is 11.7 Å². The number of amides is 2. The second-order valence-corrected chi connectivity index (χ2v) is 7.47. The van der Waals surface area contributed by atoms with Crippen LogP contribution in [0, 0.1) is 24.7 Å². The maximum atomic E-state index is 11.9. The number of thiazole rings is 1. The summed E-state index contributed by atoms with van der Waals surface area (Å²) in [6.45, 7) is 7.18. The number of ether oxygens (including phenoxy) is 1. The quantitative estimate of drug-likeness (QED) is 0.350. The number of allylic oxidation sites excluding steroid dienone is 4. The van der Waals surface area contributed by atoms with Gasteiger partial charge in [0.15, 0.2) is 5.13 Å². The number of carbonyl (C=O) groups excluding carboxylic acids is 1. The largest absolute Gasteiger partial charge is 0.405 e. The van der Waals surface area contributed by atoms with Crippen LogP contribution in [0.3, 0.4) is 0 Å². The Morgan fingerprint density at radius 2 is 2.33 bits per heavy atom. The van der Waals surface area contributed by atoms with E-state index in [0.717, 1.165) is 23.1 Å². The molecule has 0 radical (unpaired) electrons. The molecule has 1 aromatic heterocycles. The van der Waals surface area contributed by atoms with Crippen LogP contribution in [-0.2, 0) is 4.74 Å². The Morgan fingerprint density at radius 1 is 1.56 bits per heavy atom. The molecule has 8 heteroatoms. The number of nitrogens with one attached hydrogen (secondary N) is 2. The Balaban J connectivity index is 1.86. The molecule has 0 unspecified atom stereocenters. The molecule has 1 aromatic rings. The minimum atomic E-state index is -0.316. The monoisotopic (exact) mass is 406 g/mol. The van der Waals surface area contributed by atoms with Gasteiger partial charge >= 0.3 is 6.03 Å². The van der Waals surface area contributed by atoms with E-state index in [1.807, 2.05) is 6.92 Å². The number of hydrogen-bond acceptors (Lipinski definition) is 5. The van der Waals surface area contributed by atoms with Crippen LogP contribution in [0.1, 0.15) is 23.4 Å². The number of hydrogen-bond donors (Lipinski definition) is 3. The predicted molar refractivity (Wildman–Crippen MR) is 111 cm³/mol. The van der Waals surface area contributed by atoms with Crippen molar-refractivity contribution < 1.29 is 9.53 Å². The molecule has 144 valence electrons. The number of aromatic nitrogens is 1. The van der Waals surface area contributed by atoms with Crippen LogP contribution in [-0.4, -0.2) is 30.8 Å². The van der Waals surface area contributed by atoms with Gasteiger partial charge in [0, 0.05) is 23.8 Å². The van der Waals surface area contributed by atoms with E-state index in [9.17, 15) is 4.79 Å². The normalized spacial score (nSPS) is 13.9. The molecule has 27 heavy (non-hydrogen) atoms. The average molecular weight is 407 g/mol. The SMILES string of the molecule is C=C(Cl)/C=C(C#Cc1sc(NC(=O)NCCOCC2CC2)nc1C)\C=C/N. The molecule has 1 aliphatic rings. The standard InChI is InChI=1S/C19H23ClN4O2S/c1-13(20)11-15(7-8-21)5-6-17-14(2)23-19(27-17)24-18(25)22-9-10-26-12-16-3-4-16/h7-8,11,16H,1,3-4,9-10,12,21H2,2H3,(H2,22,23,24,25)/b8-7-,15-11-. The maximum Gasteiger partial charge on any atom is 0.321 e. The van der Waals surface area contributed by atoms with Gasteiger partial charge in [-0.05, 0) is 50.0 Å². The Morgan fingerprint density at radius 3 is 3.00 bits per heavy atom. The zero-order chi connectivity index (χ0) is 19.6. The fourth-order valence-corrected chi connectivity index (χ4v) is 2.94. The van der Waals surface area contributed by atoms with E-state index in [2.05, 4.69) is 34.0 Å². The van der Waals surface area contributed by atoms with Crippen molar-refractivity contribution in [1.82, 2.24) is 10.3 Å². The molecule has 0 aromatic carbocycles. The molecule has 6 nitrogen and oxygen atoms in total. The number of carbonyl (C=O) groups is 1. The highest BCUT2D eigenvalue weighted by Crippen LogP contribution is 2.28. The highest BCUT2D eigenvalue weighted by atomic mass is 35.5. The van der Waals surface area contributed by atoms with Gasteiger partial charge in [-0.3, -0.25) is 5.32 Å². The fourth-order valence-electron chi connectivity index (χ4n) is 2.01. The third-order valence-corrected chi connectivity index (χ3v) is 4.61. The second kappa shape index (κ2) is 10.8. The fraction of sp³-hybridized carbons (Fsp3) is 0.368. The topological polar surface area (TPSA) is 89.3 Å². The summed E-state index contributed by atoms with van der Waals surface area (Å²) in [6, 6.07) is -0.316. The summed E-state index contributed by atoms with van der Waals surface area (Å²) in [5, 5.41) is 6.29. The summed E-state index contributed by atoms with van der Waals surface area (Å²) < 4.78 is 5.47. The molecule has 1 aliphatic carbocycles. The van der Waals surface area contributed by atoms with Crippen LogP contribution in [0.5, 0.6) is 0 Å². The zero-order valence-corrected chi connectivity index (χ0v) is 16.8. The van der Waals surface area contributed by atoms with Gasteiger partial charge in [0.1, 0.15) is 4.88 Å². The van der Waals surface area contributed by atoms with Crippen molar-refractivity contribution >= 4 is 34.1 Å². The van der Waals surface area contributed by atoms with Crippen LogP contribution < -0.4 is 16.4 Å². The van der Waals surface area contributed by atoms with E-state index in [4.69, 9.17) is 22.1 Å². The van der Waals surface area contributed by atoms with Crippen molar-refractivity contribution in [3.05, 3.63) is 46.1 Å². The summed E-state index contributed by atoms with van der Waals surface area (Å²) in [6.07, 6.45) is 7.14. The van der Waals surface area contributed by atoms with E-state index in [1.54, 1.807) is 12.2 Å². The Bertz CT molecular complexity index is 800. The molecule has 0 saturated heterocycles. The lowest BCUT2D eigenvalue weighted by Gasteiger charge is -2.05. The predicted octanol–water partition coefficient (Wildman–Crippen LogP) is 3.50. The summed E-state index contributed by atoms with van der Waals surface area (Å²) in [5.74, 6) is 6.69. The minimum Gasteiger partial charge on any atom is -0.405 e. The molecule has 2 rings (SSSR count). The molecular formula is C19H23ClN4O2S. The van der Waals surface area contributed by atoms with Crippen molar-refractivity contribution in [3.8, 4) is 11.8 Å². The van der Waals surface area contributed by atoms with Crippen LogP contribution in [0.4, 0.5) is 9.93 Å². The number of nitrogens with zero attached hydrogens (tertiary/aromatic N) is 1. The lowest BCUT2D eigenvalue weighted by Crippen LogP contribution is -2.31. The average Bonchev–Trinajstić information content (AvgIpc) is 3.35. The first-order valence-corrected chi connectivity index (χ1v) is 9.73. The Hall–Kier alpha value is -2.27. The van der Waals surface area contributed by atoms with E-state index >= 15 is 0 Å². The molecular weight excluding hydrogens is 384 g/mol. The highest BCUT2D eigenvalue weighted by molar-refractivity contribution is 7.16. The van der Waals surface area contributed by atoms with Gasteiger partial charge < -0.3 is 15.8 Å². The van der Waals surface area contributed by atoms with E-state index in [-0.39, 0.29) is 6.03 Å². The van der Waals surface area contributed by atoms with Crippen LogP contribution >= 0.6 is 22.9 Å². The Kier molecular flexibility index (Phi) is 8.40. The minimum absolute atomic E-state index is 0.316. The lowest BCUT2D eigenvalue weighted by molar-refractivity contribution is 0.127. The highest BCUT2D eigenvalue weighted by Gasteiger charge is 2.20. The number of halogens is 1. The smallest absolute Gasteiger partial charge is 0.321 e. The first-order valence-electron chi connectivity index (χ1n) is 8.54. The summed E-state index contributed by atoms with van der Waals surface area (Å²) in [5.41, 5.74) is 6.77. The number of rotatable bonds is 8. The van der Waals surface area contributed by atoms with Gasteiger partial charge in [0.2, 0.25) is 0 Å². The van der Waals surface area contributed by atoms with E-state index < -0.39 is 0 Å². The molecule has 1 heterocycles. The van der Waals surface area contributed by atoms with Gasteiger partial charge in [-0.25, -0.2) is 9.78 Å². The van der Waals surface area contributed by atoms with Crippen molar-refractivity contribution in [3.63, 3.8) is 0 Å². The molecule has 4 N–H and O–H groups in total. The van der Waals surface area contributed by atoms with E-state index in [1.165, 1.54) is 30.4 Å². The van der Waals surface area contributed by atoms with E-state index in [0.29, 0.717) is 28.9 Å². The third kappa shape index (κ3) is 8.31. The van der Waals surface area contributed by atoms with Crippen LogP contribution in [0.15, 0.2) is 35.5 Å². The molecule has 0 spiro atoms. The first-order chi connectivity index (χ1) is 13.0.